The molecule has 0 spiro atoms. The minimum atomic E-state index is -0.474. The first kappa shape index (κ1) is 17.5. The van der Waals surface area contributed by atoms with E-state index in [4.69, 9.17) is 9.47 Å². The second-order valence-corrected chi connectivity index (χ2v) is 6.68. The Labute approximate surface area is 139 Å². The van der Waals surface area contributed by atoms with Crippen molar-refractivity contribution in [2.75, 3.05) is 26.3 Å². The molecule has 0 bridgehead atoms. The number of nitrogens with zero attached hydrogens (tertiary/aromatic N) is 1. The molecule has 0 atom stereocenters. The van der Waals surface area contributed by atoms with Crippen molar-refractivity contribution in [2.24, 2.45) is 5.92 Å². The summed E-state index contributed by atoms with van der Waals surface area (Å²) in [5.74, 6) is -1.04. The molecule has 2 rings (SSSR count). The Kier molecular flexibility index (Phi) is 6.15. The van der Waals surface area contributed by atoms with Crippen molar-refractivity contribution in [2.45, 2.75) is 26.7 Å². The number of amides is 1. The van der Waals surface area contributed by atoms with E-state index in [1.807, 2.05) is 13.0 Å². The number of likely N-dealkylation sites (tertiary alicyclic amines) is 1. The van der Waals surface area contributed by atoms with Gasteiger partial charge in [0.1, 0.15) is 4.88 Å². The average molecular weight is 339 g/mol. The standard InChI is InChI=1S/C16H21NO5S/c1-3-21-15(19)12-6-8-17(9-7-12)14(18)10-22-16(20)13-5-4-11(2)23-13/h4-5,12H,3,6-10H2,1-2H3. The van der Waals surface area contributed by atoms with Gasteiger partial charge in [-0.15, -0.1) is 11.3 Å². The molecule has 1 amide bonds. The van der Waals surface area contributed by atoms with Gasteiger partial charge in [-0.1, -0.05) is 0 Å². The average Bonchev–Trinajstić information content (AvgIpc) is 2.99. The van der Waals surface area contributed by atoms with E-state index in [1.54, 1.807) is 17.9 Å². The number of carbonyl (C=O) groups is 3. The van der Waals surface area contributed by atoms with Crippen LogP contribution >= 0.6 is 11.3 Å². The van der Waals surface area contributed by atoms with Crippen LogP contribution in [0.2, 0.25) is 0 Å². The van der Waals surface area contributed by atoms with Crippen LogP contribution in [0, 0.1) is 12.8 Å². The molecule has 0 aliphatic carbocycles. The maximum absolute atomic E-state index is 12.1. The molecule has 23 heavy (non-hydrogen) atoms. The number of aryl methyl sites for hydroxylation is 1. The van der Waals surface area contributed by atoms with Crippen molar-refractivity contribution >= 4 is 29.2 Å². The first-order chi connectivity index (χ1) is 11.0. The molecule has 0 saturated carbocycles. The first-order valence-corrected chi connectivity index (χ1v) is 8.51. The second-order valence-electron chi connectivity index (χ2n) is 5.39. The van der Waals surface area contributed by atoms with Gasteiger partial charge in [0.15, 0.2) is 6.61 Å². The number of carbonyl (C=O) groups excluding carboxylic acids is 3. The number of esters is 2. The van der Waals surface area contributed by atoms with Crippen molar-refractivity contribution < 1.29 is 23.9 Å². The fourth-order valence-corrected chi connectivity index (χ4v) is 3.22. The third-order valence-electron chi connectivity index (χ3n) is 3.74. The van der Waals surface area contributed by atoms with E-state index in [2.05, 4.69) is 0 Å². The summed E-state index contributed by atoms with van der Waals surface area (Å²) in [6.07, 6.45) is 1.17. The highest BCUT2D eigenvalue weighted by Gasteiger charge is 2.28. The largest absolute Gasteiger partial charge is 0.466 e. The molecular formula is C16H21NO5S. The molecule has 2 heterocycles. The van der Waals surface area contributed by atoms with Crippen LogP contribution in [0.4, 0.5) is 0 Å². The van der Waals surface area contributed by atoms with Gasteiger partial charge in [-0.05, 0) is 38.8 Å². The van der Waals surface area contributed by atoms with E-state index >= 15 is 0 Å². The number of ether oxygens (including phenoxy) is 2. The summed E-state index contributed by atoms with van der Waals surface area (Å²) in [5, 5.41) is 0. The van der Waals surface area contributed by atoms with Gasteiger partial charge in [0.2, 0.25) is 0 Å². The van der Waals surface area contributed by atoms with Crippen molar-refractivity contribution in [3.05, 3.63) is 21.9 Å². The smallest absolute Gasteiger partial charge is 0.348 e. The molecule has 0 radical (unpaired) electrons. The highest BCUT2D eigenvalue weighted by Crippen LogP contribution is 2.19. The van der Waals surface area contributed by atoms with Crippen LogP contribution < -0.4 is 0 Å². The SMILES string of the molecule is CCOC(=O)C1CCN(C(=O)COC(=O)c2ccc(C)s2)CC1. The first-order valence-electron chi connectivity index (χ1n) is 7.69. The van der Waals surface area contributed by atoms with Crippen LogP contribution in [0.5, 0.6) is 0 Å². The van der Waals surface area contributed by atoms with E-state index in [9.17, 15) is 14.4 Å². The molecule has 0 unspecified atom stereocenters. The quantitative estimate of drug-likeness (QED) is 0.767. The van der Waals surface area contributed by atoms with E-state index in [-0.39, 0.29) is 24.4 Å². The lowest BCUT2D eigenvalue weighted by Crippen LogP contribution is -2.42. The number of hydrogen-bond acceptors (Lipinski definition) is 6. The Bertz CT molecular complexity index is 575. The lowest BCUT2D eigenvalue weighted by Gasteiger charge is -2.30. The van der Waals surface area contributed by atoms with Crippen LogP contribution in [-0.2, 0) is 19.1 Å². The maximum atomic E-state index is 12.1. The number of thiophene rings is 1. The molecule has 1 saturated heterocycles. The molecule has 1 aromatic heterocycles. The lowest BCUT2D eigenvalue weighted by molar-refractivity contribution is -0.151. The molecule has 7 heteroatoms. The molecule has 6 nitrogen and oxygen atoms in total. The summed E-state index contributed by atoms with van der Waals surface area (Å²) in [7, 11) is 0. The lowest BCUT2D eigenvalue weighted by atomic mass is 9.97. The molecule has 1 aliphatic rings. The topological polar surface area (TPSA) is 72.9 Å². The predicted molar refractivity (Wildman–Crippen MR) is 85.3 cm³/mol. The highest BCUT2D eigenvalue weighted by atomic mass is 32.1. The fourth-order valence-electron chi connectivity index (χ4n) is 2.46. The zero-order valence-corrected chi connectivity index (χ0v) is 14.2. The van der Waals surface area contributed by atoms with Crippen LogP contribution in [0.3, 0.4) is 0 Å². The molecule has 0 N–H and O–H groups in total. The Balaban J connectivity index is 1.75. The van der Waals surface area contributed by atoms with Gasteiger partial charge >= 0.3 is 11.9 Å². The minimum absolute atomic E-state index is 0.143. The van der Waals surface area contributed by atoms with Gasteiger partial charge in [-0.2, -0.15) is 0 Å². The van der Waals surface area contributed by atoms with Crippen LogP contribution in [0.1, 0.15) is 34.3 Å². The van der Waals surface area contributed by atoms with Crippen LogP contribution in [0.15, 0.2) is 12.1 Å². The Morgan fingerprint density at radius 1 is 1.22 bits per heavy atom. The minimum Gasteiger partial charge on any atom is -0.466 e. The number of piperidine rings is 1. The highest BCUT2D eigenvalue weighted by molar-refractivity contribution is 7.13. The van der Waals surface area contributed by atoms with Crippen molar-refractivity contribution in [1.82, 2.24) is 4.90 Å². The van der Waals surface area contributed by atoms with Gasteiger partial charge in [0.05, 0.1) is 12.5 Å². The van der Waals surface area contributed by atoms with Crippen molar-refractivity contribution in [3.8, 4) is 0 Å². The van der Waals surface area contributed by atoms with E-state index in [0.29, 0.717) is 37.4 Å². The molecule has 1 aliphatic heterocycles. The zero-order valence-electron chi connectivity index (χ0n) is 13.4. The Hall–Kier alpha value is -1.89. The molecule has 0 aromatic carbocycles. The van der Waals surface area contributed by atoms with Gasteiger partial charge in [-0.3, -0.25) is 9.59 Å². The van der Waals surface area contributed by atoms with Crippen molar-refractivity contribution in [1.29, 1.82) is 0 Å². The summed E-state index contributed by atoms with van der Waals surface area (Å²) >= 11 is 1.34. The molecule has 1 fully saturated rings. The third kappa shape index (κ3) is 4.79. The maximum Gasteiger partial charge on any atom is 0.348 e. The number of hydrogen-bond donors (Lipinski definition) is 0. The molecule has 126 valence electrons. The summed E-state index contributed by atoms with van der Waals surface area (Å²) in [6.45, 7) is 4.76. The van der Waals surface area contributed by atoms with E-state index in [0.717, 1.165) is 4.88 Å². The summed E-state index contributed by atoms with van der Waals surface area (Å²) < 4.78 is 10.1. The Morgan fingerprint density at radius 3 is 2.48 bits per heavy atom. The van der Waals surface area contributed by atoms with Crippen molar-refractivity contribution in [3.63, 3.8) is 0 Å². The molecule has 1 aromatic rings. The fraction of sp³-hybridized carbons (Fsp3) is 0.562. The van der Waals surface area contributed by atoms with E-state index in [1.165, 1.54) is 11.3 Å². The summed E-state index contributed by atoms with van der Waals surface area (Å²) in [4.78, 5) is 38.7. The summed E-state index contributed by atoms with van der Waals surface area (Å²) in [6, 6.07) is 3.53. The van der Waals surface area contributed by atoms with E-state index < -0.39 is 5.97 Å². The third-order valence-corrected chi connectivity index (χ3v) is 4.72. The molecular weight excluding hydrogens is 318 g/mol. The van der Waals surface area contributed by atoms with Gasteiger partial charge in [0, 0.05) is 18.0 Å². The zero-order chi connectivity index (χ0) is 16.8. The van der Waals surface area contributed by atoms with Gasteiger partial charge in [0.25, 0.3) is 5.91 Å². The van der Waals surface area contributed by atoms with Crippen LogP contribution in [-0.4, -0.2) is 49.0 Å². The second kappa shape index (κ2) is 8.10. The van der Waals surface area contributed by atoms with Crippen LogP contribution in [0.25, 0.3) is 0 Å². The normalized spacial score (nSPS) is 15.3. The summed E-state index contributed by atoms with van der Waals surface area (Å²) in [5.41, 5.74) is 0. The number of rotatable bonds is 5. The van der Waals surface area contributed by atoms with Gasteiger partial charge in [-0.25, -0.2) is 4.79 Å². The van der Waals surface area contributed by atoms with Gasteiger partial charge < -0.3 is 14.4 Å². The Morgan fingerprint density at radius 2 is 1.91 bits per heavy atom. The monoisotopic (exact) mass is 339 g/mol. The predicted octanol–water partition coefficient (Wildman–Crippen LogP) is 2.02.